The minimum atomic E-state index is -2.83. The Bertz CT molecular complexity index is 911. The van der Waals surface area contributed by atoms with E-state index in [1.54, 1.807) is 12.1 Å². The molecule has 0 radical (unpaired) electrons. The molecule has 0 spiro atoms. The number of hydrogen-bond donors (Lipinski definition) is 1. The van der Waals surface area contributed by atoms with Crippen LogP contribution in [0.5, 0.6) is 0 Å². The maximum Gasteiger partial charge on any atom is 0.270 e. The second-order valence-corrected chi connectivity index (χ2v) is 6.77. The summed E-state index contributed by atoms with van der Waals surface area (Å²) in [4.78, 5) is 0. The molecule has 1 aliphatic rings. The highest BCUT2D eigenvalue weighted by atomic mass is 35.5. The molecule has 0 saturated heterocycles. The molecule has 0 saturated carbocycles. The van der Waals surface area contributed by atoms with E-state index < -0.39 is 5.92 Å². The molecule has 1 aromatic heterocycles. The van der Waals surface area contributed by atoms with Crippen LogP contribution < -0.4 is 5.32 Å². The number of alkyl halides is 2. The minimum absolute atomic E-state index is 0.0200. The topological polar surface area (TPSA) is 17.0 Å². The van der Waals surface area contributed by atoms with E-state index in [9.17, 15) is 8.78 Å². The van der Waals surface area contributed by atoms with Crippen molar-refractivity contribution in [3.63, 3.8) is 0 Å². The average Bonchev–Trinajstić information content (AvgIpc) is 3.08. The molecule has 0 fully saturated rings. The van der Waals surface area contributed by atoms with Crippen LogP contribution in [-0.2, 0) is 12.5 Å². The highest BCUT2D eigenvalue weighted by Crippen LogP contribution is 2.34. The Morgan fingerprint density at radius 2 is 1.74 bits per heavy atom. The van der Waals surface area contributed by atoms with E-state index in [4.69, 9.17) is 11.6 Å². The molecule has 1 N–H and O–H groups in total. The molecule has 142 valence electrons. The Balaban J connectivity index is 0.00000102. The standard InChI is InChI=1S/C20H17ClF2N2.C2H6/c1-20(22,23)14-9-7-13(8-10-14)19-18-6-3-11-25(18)17-5-2-4-16(21)15(17)12-24-19;1-2/h2-11,19,24H,12H2,1H3;1-2H3. The maximum absolute atomic E-state index is 13.5. The van der Waals surface area contributed by atoms with Crippen molar-refractivity contribution >= 4 is 11.6 Å². The van der Waals surface area contributed by atoms with Gasteiger partial charge in [0.25, 0.3) is 5.92 Å². The summed E-state index contributed by atoms with van der Waals surface area (Å²) in [5.41, 5.74) is 4.08. The van der Waals surface area contributed by atoms with Gasteiger partial charge in [-0.1, -0.05) is 55.8 Å². The number of nitrogens with one attached hydrogen (secondary N) is 1. The third-order valence-electron chi connectivity index (χ3n) is 4.66. The van der Waals surface area contributed by atoms with Gasteiger partial charge in [0, 0.05) is 41.5 Å². The Morgan fingerprint density at radius 1 is 1.04 bits per heavy atom. The molecule has 3 aromatic rings. The van der Waals surface area contributed by atoms with Crippen molar-refractivity contribution in [2.24, 2.45) is 0 Å². The van der Waals surface area contributed by atoms with Gasteiger partial charge in [-0.2, -0.15) is 0 Å². The lowest BCUT2D eigenvalue weighted by Crippen LogP contribution is -2.21. The molecule has 0 amide bonds. The van der Waals surface area contributed by atoms with Crippen LogP contribution in [-0.4, -0.2) is 4.57 Å². The predicted molar refractivity (Wildman–Crippen MR) is 107 cm³/mol. The highest BCUT2D eigenvalue weighted by Gasteiger charge is 2.26. The van der Waals surface area contributed by atoms with Gasteiger partial charge in [0.2, 0.25) is 0 Å². The van der Waals surface area contributed by atoms with Gasteiger partial charge >= 0.3 is 0 Å². The molecular formula is C22H23ClF2N2. The summed E-state index contributed by atoms with van der Waals surface area (Å²) in [6.45, 7) is 5.52. The SMILES string of the molecule is CC.CC(F)(F)c1ccc(C2NCc3c(Cl)cccc3-n3cccc32)cc1. The fourth-order valence-electron chi connectivity index (χ4n) is 3.36. The van der Waals surface area contributed by atoms with Gasteiger partial charge in [-0.3, -0.25) is 0 Å². The van der Waals surface area contributed by atoms with Crippen LogP contribution in [0.15, 0.2) is 60.8 Å². The van der Waals surface area contributed by atoms with E-state index in [1.807, 2.05) is 50.4 Å². The normalized spacial score (nSPS) is 15.9. The lowest BCUT2D eigenvalue weighted by molar-refractivity contribution is 0.0174. The third kappa shape index (κ3) is 3.78. The van der Waals surface area contributed by atoms with Crippen molar-refractivity contribution in [1.29, 1.82) is 0 Å². The second-order valence-electron chi connectivity index (χ2n) is 6.36. The van der Waals surface area contributed by atoms with Crippen LogP contribution in [0.25, 0.3) is 5.69 Å². The molecular weight excluding hydrogens is 366 g/mol. The van der Waals surface area contributed by atoms with Gasteiger partial charge in [0.1, 0.15) is 0 Å². The summed E-state index contributed by atoms with van der Waals surface area (Å²) in [5.74, 6) is -2.83. The van der Waals surface area contributed by atoms with Gasteiger partial charge in [0.05, 0.1) is 11.7 Å². The number of benzene rings is 2. The van der Waals surface area contributed by atoms with Crippen LogP contribution in [0.4, 0.5) is 8.78 Å². The molecule has 27 heavy (non-hydrogen) atoms. The molecule has 2 nitrogen and oxygen atoms in total. The van der Waals surface area contributed by atoms with Crippen LogP contribution in [0.1, 0.15) is 49.2 Å². The van der Waals surface area contributed by atoms with Crippen molar-refractivity contribution in [3.05, 3.63) is 88.2 Å². The van der Waals surface area contributed by atoms with Gasteiger partial charge in [-0.15, -0.1) is 0 Å². The largest absolute Gasteiger partial charge is 0.319 e. The molecule has 1 atom stereocenters. The second kappa shape index (κ2) is 7.83. The predicted octanol–water partition coefficient (Wildman–Crippen LogP) is 6.46. The number of halogens is 3. The smallest absolute Gasteiger partial charge is 0.270 e. The molecule has 1 aliphatic heterocycles. The molecule has 2 heterocycles. The van der Waals surface area contributed by atoms with Crippen molar-refractivity contribution in [2.75, 3.05) is 0 Å². The fraction of sp³-hybridized carbons (Fsp3) is 0.273. The van der Waals surface area contributed by atoms with Crippen molar-refractivity contribution in [2.45, 2.75) is 39.3 Å². The van der Waals surface area contributed by atoms with Crippen LogP contribution in [0.3, 0.4) is 0 Å². The summed E-state index contributed by atoms with van der Waals surface area (Å²) in [6.07, 6.45) is 2.00. The highest BCUT2D eigenvalue weighted by molar-refractivity contribution is 6.31. The number of nitrogens with zero attached hydrogens (tertiary/aromatic N) is 1. The summed E-state index contributed by atoms with van der Waals surface area (Å²) in [5, 5.41) is 4.22. The Labute approximate surface area is 163 Å². The molecule has 1 unspecified atom stereocenters. The third-order valence-corrected chi connectivity index (χ3v) is 5.02. The molecule has 0 aliphatic carbocycles. The van der Waals surface area contributed by atoms with E-state index >= 15 is 0 Å². The van der Waals surface area contributed by atoms with Gasteiger partial charge in [-0.25, -0.2) is 8.78 Å². The van der Waals surface area contributed by atoms with E-state index in [2.05, 4.69) is 9.88 Å². The molecule has 2 aromatic carbocycles. The number of hydrogen-bond acceptors (Lipinski definition) is 1. The Morgan fingerprint density at radius 3 is 2.41 bits per heavy atom. The Hall–Kier alpha value is -2.17. The first-order chi connectivity index (χ1) is 12.9. The maximum atomic E-state index is 13.5. The number of rotatable bonds is 2. The lowest BCUT2D eigenvalue weighted by Gasteiger charge is -2.19. The zero-order valence-electron chi connectivity index (χ0n) is 15.6. The first-order valence-corrected chi connectivity index (χ1v) is 9.49. The number of aromatic nitrogens is 1. The van der Waals surface area contributed by atoms with E-state index in [0.29, 0.717) is 11.6 Å². The average molecular weight is 389 g/mol. The first kappa shape index (κ1) is 19.6. The van der Waals surface area contributed by atoms with Gasteiger partial charge in [-0.05, 0) is 29.8 Å². The van der Waals surface area contributed by atoms with Gasteiger partial charge < -0.3 is 9.88 Å². The summed E-state index contributed by atoms with van der Waals surface area (Å²) in [6, 6.07) is 16.3. The monoisotopic (exact) mass is 388 g/mol. The Kier molecular flexibility index (Phi) is 5.68. The van der Waals surface area contributed by atoms with E-state index in [0.717, 1.165) is 29.4 Å². The summed E-state index contributed by atoms with van der Waals surface area (Å²) >= 11 is 6.38. The van der Waals surface area contributed by atoms with E-state index in [1.165, 1.54) is 12.1 Å². The van der Waals surface area contributed by atoms with Gasteiger partial charge in [0.15, 0.2) is 0 Å². The van der Waals surface area contributed by atoms with Crippen molar-refractivity contribution < 1.29 is 8.78 Å². The molecule has 4 rings (SSSR count). The van der Waals surface area contributed by atoms with Crippen molar-refractivity contribution in [3.8, 4) is 5.69 Å². The summed E-state index contributed by atoms with van der Waals surface area (Å²) < 4.78 is 29.0. The summed E-state index contributed by atoms with van der Waals surface area (Å²) in [7, 11) is 0. The van der Waals surface area contributed by atoms with Crippen LogP contribution in [0, 0.1) is 0 Å². The minimum Gasteiger partial charge on any atom is -0.319 e. The fourth-order valence-corrected chi connectivity index (χ4v) is 3.60. The number of fused-ring (bicyclic) bond motifs is 3. The molecule has 0 bridgehead atoms. The van der Waals surface area contributed by atoms with Crippen LogP contribution >= 0.6 is 11.6 Å². The van der Waals surface area contributed by atoms with E-state index in [-0.39, 0.29) is 11.6 Å². The zero-order valence-corrected chi connectivity index (χ0v) is 16.4. The first-order valence-electron chi connectivity index (χ1n) is 9.12. The van der Waals surface area contributed by atoms with Crippen LogP contribution in [0.2, 0.25) is 5.02 Å². The quantitative estimate of drug-likeness (QED) is 0.533. The lowest BCUT2D eigenvalue weighted by atomic mass is 10.0. The van der Waals surface area contributed by atoms with Crippen molar-refractivity contribution in [1.82, 2.24) is 9.88 Å². The zero-order chi connectivity index (χ0) is 19.6. The molecule has 5 heteroatoms.